The van der Waals surface area contributed by atoms with E-state index in [4.69, 9.17) is 5.73 Å². The number of hydrogen-bond donors (Lipinski definition) is 2. The number of benzene rings is 1. The zero-order valence-electron chi connectivity index (χ0n) is 10.6. The molecular weight excluding hydrogens is 258 g/mol. The third kappa shape index (κ3) is 4.71. The van der Waals surface area contributed by atoms with Crippen molar-refractivity contribution in [3.05, 3.63) is 46.4 Å². The summed E-state index contributed by atoms with van der Waals surface area (Å²) in [6.45, 7) is 0.643. The van der Waals surface area contributed by atoms with E-state index in [-0.39, 0.29) is 5.91 Å². The van der Waals surface area contributed by atoms with E-state index in [1.54, 1.807) is 16.8 Å². The van der Waals surface area contributed by atoms with E-state index in [0.717, 1.165) is 29.8 Å². The first-order chi connectivity index (χ1) is 9.24. The Morgan fingerprint density at radius 1 is 1.26 bits per heavy atom. The summed E-state index contributed by atoms with van der Waals surface area (Å²) in [6.07, 6.45) is 2.03. The molecule has 0 bridgehead atoms. The number of rotatable bonds is 6. The van der Waals surface area contributed by atoms with Gasteiger partial charge in [0.1, 0.15) is 0 Å². The van der Waals surface area contributed by atoms with Gasteiger partial charge in [0.05, 0.1) is 11.2 Å². The number of aryl methyl sites for hydroxylation is 1. The highest BCUT2D eigenvalue weighted by molar-refractivity contribution is 7.07. The highest BCUT2D eigenvalue weighted by Gasteiger charge is 2.02. The smallest absolute Gasteiger partial charge is 0.220 e. The van der Waals surface area contributed by atoms with Crippen molar-refractivity contribution in [2.75, 3.05) is 12.3 Å². The number of thiazole rings is 1. The zero-order chi connectivity index (χ0) is 13.5. The molecular formula is C14H17N3OS. The molecule has 0 fully saturated rings. The number of nitrogens with one attached hydrogen (secondary N) is 1. The molecule has 5 heteroatoms. The maximum absolute atomic E-state index is 11.7. The maximum atomic E-state index is 11.7. The van der Waals surface area contributed by atoms with Crippen LogP contribution in [0.15, 0.2) is 35.2 Å². The van der Waals surface area contributed by atoms with Crippen LogP contribution in [0.3, 0.4) is 0 Å². The highest BCUT2D eigenvalue weighted by atomic mass is 32.1. The molecule has 0 saturated heterocycles. The van der Waals surface area contributed by atoms with Crippen LogP contribution in [-0.4, -0.2) is 17.4 Å². The largest absolute Gasteiger partial charge is 0.399 e. The summed E-state index contributed by atoms with van der Waals surface area (Å²) < 4.78 is 0. The molecule has 1 aromatic heterocycles. The number of aromatic nitrogens is 1. The van der Waals surface area contributed by atoms with Gasteiger partial charge in [-0.3, -0.25) is 4.79 Å². The van der Waals surface area contributed by atoms with Crippen LogP contribution in [0.5, 0.6) is 0 Å². The molecule has 2 rings (SSSR count). The van der Waals surface area contributed by atoms with Gasteiger partial charge in [-0.1, -0.05) is 12.1 Å². The lowest BCUT2D eigenvalue weighted by atomic mass is 10.1. The molecule has 3 N–H and O–H groups in total. The lowest BCUT2D eigenvalue weighted by Crippen LogP contribution is -2.25. The molecule has 1 amide bonds. The van der Waals surface area contributed by atoms with Gasteiger partial charge >= 0.3 is 0 Å². The quantitative estimate of drug-likeness (QED) is 0.792. The fourth-order valence-electron chi connectivity index (χ4n) is 1.72. The maximum Gasteiger partial charge on any atom is 0.220 e. The molecule has 0 aliphatic rings. The zero-order valence-corrected chi connectivity index (χ0v) is 11.5. The standard InChI is InChI=1S/C14H17N3OS/c15-12-4-1-11(2-5-12)3-6-14(18)16-8-7-13-9-19-10-17-13/h1-2,4-5,9-10H,3,6-8,15H2,(H,16,18). The number of nitrogens with zero attached hydrogens (tertiary/aromatic N) is 1. The van der Waals surface area contributed by atoms with Crippen LogP contribution in [0.25, 0.3) is 0 Å². The minimum Gasteiger partial charge on any atom is -0.399 e. The van der Waals surface area contributed by atoms with E-state index in [9.17, 15) is 4.79 Å². The summed E-state index contributed by atoms with van der Waals surface area (Å²) in [6, 6.07) is 7.63. The first kappa shape index (κ1) is 13.5. The predicted octanol–water partition coefficient (Wildman–Crippen LogP) is 2.02. The third-order valence-electron chi connectivity index (χ3n) is 2.81. The molecule has 0 saturated carbocycles. The number of amides is 1. The van der Waals surface area contributed by atoms with Crippen molar-refractivity contribution in [2.24, 2.45) is 0 Å². The molecule has 2 aromatic rings. The first-order valence-electron chi connectivity index (χ1n) is 6.22. The molecule has 1 heterocycles. The van der Waals surface area contributed by atoms with Crippen LogP contribution in [0.4, 0.5) is 5.69 Å². The Balaban J connectivity index is 1.65. The molecule has 4 nitrogen and oxygen atoms in total. The van der Waals surface area contributed by atoms with Gasteiger partial charge in [-0.25, -0.2) is 4.98 Å². The van der Waals surface area contributed by atoms with Crippen LogP contribution in [0.1, 0.15) is 17.7 Å². The van der Waals surface area contributed by atoms with Crippen molar-refractivity contribution in [1.29, 1.82) is 0 Å². The van der Waals surface area contributed by atoms with Crippen molar-refractivity contribution < 1.29 is 4.79 Å². The normalized spacial score (nSPS) is 10.3. The molecule has 0 atom stereocenters. The summed E-state index contributed by atoms with van der Waals surface area (Å²) >= 11 is 1.57. The number of carbonyl (C=O) groups is 1. The van der Waals surface area contributed by atoms with Crippen LogP contribution in [0.2, 0.25) is 0 Å². The average molecular weight is 275 g/mol. The second kappa shape index (κ2) is 6.89. The van der Waals surface area contributed by atoms with Crippen molar-refractivity contribution in [3.63, 3.8) is 0 Å². The topological polar surface area (TPSA) is 68.0 Å². The van der Waals surface area contributed by atoms with Crippen molar-refractivity contribution >= 4 is 22.9 Å². The van der Waals surface area contributed by atoms with Gasteiger partial charge in [-0.2, -0.15) is 0 Å². The minimum atomic E-state index is 0.0760. The van der Waals surface area contributed by atoms with Gasteiger partial charge in [0.15, 0.2) is 0 Å². The van der Waals surface area contributed by atoms with E-state index < -0.39 is 0 Å². The van der Waals surface area contributed by atoms with Crippen LogP contribution >= 0.6 is 11.3 Å². The lowest BCUT2D eigenvalue weighted by molar-refractivity contribution is -0.121. The molecule has 0 unspecified atom stereocenters. The number of anilines is 1. The number of nitrogens with two attached hydrogens (primary N) is 1. The van der Waals surface area contributed by atoms with E-state index in [1.807, 2.05) is 29.6 Å². The van der Waals surface area contributed by atoms with E-state index in [2.05, 4.69) is 10.3 Å². The Hall–Kier alpha value is -1.88. The summed E-state index contributed by atoms with van der Waals surface area (Å²) in [4.78, 5) is 15.8. The molecule has 1 aromatic carbocycles. The average Bonchev–Trinajstić information content (AvgIpc) is 2.91. The Kier molecular flexibility index (Phi) is 4.92. The van der Waals surface area contributed by atoms with E-state index in [1.165, 1.54) is 0 Å². The third-order valence-corrected chi connectivity index (χ3v) is 3.44. The van der Waals surface area contributed by atoms with Crippen molar-refractivity contribution in [3.8, 4) is 0 Å². The van der Waals surface area contributed by atoms with Crippen molar-refractivity contribution in [1.82, 2.24) is 10.3 Å². The van der Waals surface area contributed by atoms with E-state index >= 15 is 0 Å². The number of carbonyl (C=O) groups excluding carboxylic acids is 1. The van der Waals surface area contributed by atoms with Crippen LogP contribution < -0.4 is 11.1 Å². The highest BCUT2D eigenvalue weighted by Crippen LogP contribution is 2.07. The lowest BCUT2D eigenvalue weighted by Gasteiger charge is -2.04. The Bertz CT molecular complexity index is 508. The predicted molar refractivity (Wildman–Crippen MR) is 78.0 cm³/mol. The summed E-state index contributed by atoms with van der Waals surface area (Å²) in [7, 11) is 0. The molecule has 19 heavy (non-hydrogen) atoms. The van der Waals surface area contributed by atoms with Crippen molar-refractivity contribution in [2.45, 2.75) is 19.3 Å². The fraction of sp³-hybridized carbons (Fsp3) is 0.286. The number of hydrogen-bond acceptors (Lipinski definition) is 4. The van der Waals surface area contributed by atoms with Gasteiger partial charge in [-0.05, 0) is 24.1 Å². The first-order valence-corrected chi connectivity index (χ1v) is 7.16. The SMILES string of the molecule is Nc1ccc(CCC(=O)NCCc2cscn2)cc1. The second-order valence-corrected chi connectivity index (χ2v) is 5.04. The molecule has 0 aliphatic heterocycles. The van der Waals surface area contributed by atoms with E-state index in [0.29, 0.717) is 13.0 Å². The number of nitrogen functional groups attached to an aromatic ring is 1. The molecule has 0 spiro atoms. The van der Waals surface area contributed by atoms with Gasteiger partial charge in [0, 0.05) is 30.5 Å². The van der Waals surface area contributed by atoms with Gasteiger partial charge in [-0.15, -0.1) is 11.3 Å². The summed E-state index contributed by atoms with van der Waals surface area (Å²) in [5, 5.41) is 4.90. The summed E-state index contributed by atoms with van der Waals surface area (Å²) in [5.41, 5.74) is 10.3. The molecule has 0 radical (unpaired) electrons. The second-order valence-electron chi connectivity index (χ2n) is 4.32. The van der Waals surface area contributed by atoms with Gasteiger partial charge in [0.2, 0.25) is 5.91 Å². The minimum absolute atomic E-state index is 0.0760. The Labute approximate surface area is 116 Å². The van der Waals surface area contributed by atoms with Gasteiger partial charge < -0.3 is 11.1 Å². The van der Waals surface area contributed by atoms with Crippen LogP contribution in [0, 0.1) is 0 Å². The Morgan fingerprint density at radius 2 is 2.05 bits per heavy atom. The fourth-order valence-corrected chi connectivity index (χ4v) is 2.31. The molecule has 100 valence electrons. The summed E-state index contributed by atoms with van der Waals surface area (Å²) in [5.74, 6) is 0.0760. The van der Waals surface area contributed by atoms with Crippen LogP contribution in [-0.2, 0) is 17.6 Å². The Morgan fingerprint density at radius 3 is 2.74 bits per heavy atom. The molecule has 0 aliphatic carbocycles. The monoisotopic (exact) mass is 275 g/mol. The van der Waals surface area contributed by atoms with Gasteiger partial charge in [0.25, 0.3) is 0 Å².